The molecule has 3 aromatic rings. The molecule has 2 atom stereocenters. The van der Waals surface area contributed by atoms with Crippen LogP contribution < -0.4 is 10.9 Å². The van der Waals surface area contributed by atoms with Crippen molar-refractivity contribution in [2.24, 2.45) is 0 Å². The Bertz CT molecular complexity index is 1370. The molecule has 0 aliphatic carbocycles. The fourth-order valence-electron chi connectivity index (χ4n) is 4.55. The van der Waals surface area contributed by atoms with Gasteiger partial charge < -0.3 is 14.8 Å². The second kappa shape index (κ2) is 9.16. The number of aryl methyl sites for hydroxylation is 1. The Kier molecular flexibility index (Phi) is 6.40. The van der Waals surface area contributed by atoms with Crippen LogP contribution in [-0.4, -0.2) is 38.4 Å². The Morgan fingerprint density at radius 2 is 2.00 bits per heavy atom. The van der Waals surface area contributed by atoms with Crippen LogP contribution in [0.2, 0.25) is 0 Å². The number of benzene rings is 1. The lowest BCUT2D eigenvalue weighted by atomic mass is 10.0. The van der Waals surface area contributed by atoms with E-state index in [-0.39, 0.29) is 17.0 Å². The van der Waals surface area contributed by atoms with Crippen molar-refractivity contribution in [2.75, 3.05) is 18.4 Å². The largest absolute Gasteiger partial charge is 0.359 e. The third kappa shape index (κ3) is 4.52. The summed E-state index contributed by atoms with van der Waals surface area (Å²) in [5, 5.41) is 3.57. The fourth-order valence-corrected chi connectivity index (χ4v) is 4.55. The van der Waals surface area contributed by atoms with E-state index in [9.17, 15) is 22.8 Å². The summed E-state index contributed by atoms with van der Waals surface area (Å²) in [6.45, 7) is 9.69. The summed E-state index contributed by atoms with van der Waals surface area (Å²) in [6, 6.07) is 4.34. The molecule has 2 aromatic heterocycles. The first kappa shape index (κ1) is 24.4. The molecule has 0 unspecified atom stereocenters. The molecular formula is C25H26F3N5O2. The molecule has 1 fully saturated rings. The van der Waals surface area contributed by atoms with Gasteiger partial charge in [-0.15, -0.1) is 6.58 Å². The highest BCUT2D eigenvalue weighted by atomic mass is 19.3. The first-order valence-corrected chi connectivity index (χ1v) is 11.2. The summed E-state index contributed by atoms with van der Waals surface area (Å²) in [4.78, 5) is 35.4. The van der Waals surface area contributed by atoms with Crippen LogP contribution in [0.15, 0.2) is 47.9 Å². The van der Waals surface area contributed by atoms with Crippen molar-refractivity contribution in [3.05, 3.63) is 76.2 Å². The summed E-state index contributed by atoms with van der Waals surface area (Å²) < 4.78 is 42.9. The molecule has 184 valence electrons. The lowest BCUT2D eigenvalue weighted by molar-refractivity contribution is -0.128. The monoisotopic (exact) mass is 485 g/mol. The van der Waals surface area contributed by atoms with Gasteiger partial charge in [0.1, 0.15) is 17.5 Å². The van der Waals surface area contributed by atoms with Gasteiger partial charge in [0.25, 0.3) is 12.0 Å². The number of hydrogen-bond acceptors (Lipinski definition) is 5. The molecule has 0 radical (unpaired) electrons. The van der Waals surface area contributed by atoms with Gasteiger partial charge >= 0.3 is 0 Å². The number of nitrogens with one attached hydrogen (secondary N) is 1. The molecule has 1 N–H and O–H groups in total. The van der Waals surface area contributed by atoms with Gasteiger partial charge in [0, 0.05) is 37.8 Å². The van der Waals surface area contributed by atoms with Gasteiger partial charge in [0.2, 0.25) is 5.91 Å². The number of rotatable bonds is 6. The molecular weight excluding hydrogens is 459 g/mol. The minimum absolute atomic E-state index is 0.00427. The minimum Gasteiger partial charge on any atom is -0.359 e. The minimum atomic E-state index is -2.96. The summed E-state index contributed by atoms with van der Waals surface area (Å²) >= 11 is 0. The number of carbonyl (C=O) groups excluding carboxylic acids is 1. The van der Waals surface area contributed by atoms with Crippen molar-refractivity contribution >= 4 is 22.6 Å². The highest BCUT2D eigenvalue weighted by Gasteiger charge is 2.37. The van der Waals surface area contributed by atoms with E-state index < -0.39 is 29.4 Å². The van der Waals surface area contributed by atoms with E-state index in [1.165, 1.54) is 31.2 Å². The Morgan fingerprint density at radius 1 is 1.29 bits per heavy atom. The van der Waals surface area contributed by atoms with E-state index in [0.29, 0.717) is 42.1 Å². The van der Waals surface area contributed by atoms with Crippen molar-refractivity contribution in [1.82, 2.24) is 19.4 Å². The van der Waals surface area contributed by atoms with Crippen molar-refractivity contribution < 1.29 is 18.0 Å². The molecule has 1 aromatic carbocycles. The second-order valence-electron chi connectivity index (χ2n) is 9.00. The molecule has 1 aliphatic heterocycles. The van der Waals surface area contributed by atoms with Crippen LogP contribution >= 0.6 is 0 Å². The number of hydrogen-bond donors (Lipinski definition) is 1. The lowest BCUT2D eigenvalue weighted by Gasteiger charge is -2.28. The maximum Gasteiger partial charge on any atom is 0.266 e. The molecule has 0 bridgehead atoms. The molecule has 1 aliphatic rings. The van der Waals surface area contributed by atoms with Crippen LogP contribution in [-0.2, 0) is 10.3 Å². The van der Waals surface area contributed by atoms with Gasteiger partial charge in [-0.25, -0.2) is 23.1 Å². The first-order valence-electron chi connectivity index (χ1n) is 11.2. The predicted molar refractivity (Wildman–Crippen MR) is 127 cm³/mol. The predicted octanol–water partition coefficient (Wildman–Crippen LogP) is 4.48. The number of halogens is 3. The normalized spacial score (nSPS) is 18.8. The van der Waals surface area contributed by atoms with Crippen molar-refractivity contribution in [3.63, 3.8) is 0 Å². The zero-order chi connectivity index (χ0) is 25.5. The molecule has 35 heavy (non-hydrogen) atoms. The summed E-state index contributed by atoms with van der Waals surface area (Å²) in [5.74, 6) is -0.407. The van der Waals surface area contributed by atoms with Crippen LogP contribution in [0.1, 0.15) is 49.7 Å². The molecule has 10 heteroatoms. The number of likely N-dealkylation sites (tertiary alicyclic amines) is 1. The first-order chi connectivity index (χ1) is 16.5. The Hall–Kier alpha value is -3.69. The maximum absolute atomic E-state index is 14.9. The maximum atomic E-state index is 14.9. The second-order valence-corrected chi connectivity index (χ2v) is 9.00. The van der Waals surface area contributed by atoms with Crippen LogP contribution in [0.5, 0.6) is 0 Å². The number of carbonyl (C=O) groups is 1. The molecule has 0 saturated carbocycles. The summed E-state index contributed by atoms with van der Waals surface area (Å²) in [5.41, 5.74) is -1.22. The van der Waals surface area contributed by atoms with Gasteiger partial charge in [-0.05, 0) is 20.3 Å². The SMILES string of the molecule is C=C[C@@H](Nc1nc(C)nc2cc(=O)n([C@@]3(C)CCN(C(C)=O)C3)cc12)c1cccc(C(F)F)c1F. The van der Waals surface area contributed by atoms with Gasteiger partial charge in [0.05, 0.1) is 28.0 Å². The fraction of sp³-hybridized carbons (Fsp3) is 0.360. The summed E-state index contributed by atoms with van der Waals surface area (Å²) in [6.07, 6.45) is 0.665. The highest BCUT2D eigenvalue weighted by molar-refractivity contribution is 5.88. The molecule has 0 spiro atoms. The van der Waals surface area contributed by atoms with Crippen molar-refractivity contribution in [1.29, 1.82) is 0 Å². The Labute approximate surface area is 200 Å². The van der Waals surface area contributed by atoms with Crippen molar-refractivity contribution in [2.45, 2.75) is 45.2 Å². The van der Waals surface area contributed by atoms with Crippen LogP contribution in [0.25, 0.3) is 10.9 Å². The van der Waals surface area contributed by atoms with Crippen LogP contribution in [0.4, 0.5) is 19.0 Å². The molecule has 4 rings (SSSR count). The summed E-state index contributed by atoms with van der Waals surface area (Å²) in [7, 11) is 0. The highest BCUT2D eigenvalue weighted by Crippen LogP contribution is 2.32. The molecule has 1 amide bonds. The van der Waals surface area contributed by atoms with Crippen LogP contribution in [0.3, 0.4) is 0 Å². The quantitative estimate of drug-likeness (QED) is 0.521. The van der Waals surface area contributed by atoms with E-state index in [0.717, 1.165) is 6.07 Å². The zero-order valence-corrected chi connectivity index (χ0v) is 19.7. The molecule has 1 saturated heterocycles. The van der Waals surface area contributed by atoms with Gasteiger partial charge in [-0.2, -0.15) is 0 Å². The zero-order valence-electron chi connectivity index (χ0n) is 19.7. The van der Waals surface area contributed by atoms with Gasteiger partial charge in [0.15, 0.2) is 0 Å². The number of alkyl halides is 2. The number of fused-ring (bicyclic) bond motifs is 1. The van der Waals surface area contributed by atoms with E-state index in [4.69, 9.17) is 0 Å². The molecule has 7 nitrogen and oxygen atoms in total. The Morgan fingerprint density at radius 3 is 2.63 bits per heavy atom. The average Bonchev–Trinajstić information content (AvgIpc) is 3.20. The average molecular weight is 486 g/mol. The number of anilines is 1. The van der Waals surface area contributed by atoms with E-state index in [1.807, 2.05) is 6.92 Å². The Balaban J connectivity index is 1.80. The lowest BCUT2D eigenvalue weighted by Crippen LogP contribution is -2.41. The van der Waals surface area contributed by atoms with Crippen molar-refractivity contribution in [3.8, 4) is 0 Å². The number of pyridine rings is 1. The van der Waals surface area contributed by atoms with Gasteiger partial charge in [-0.1, -0.05) is 24.3 Å². The standard InChI is InChI=1S/C25H26F3N5O2/c1-5-19(16-7-6-8-17(22(16)26)23(27)28)31-24-18-12-33(21(35)11-20(18)29-14(2)30-24)25(4)9-10-32(13-25)15(3)34/h5-8,11-12,19,23H,1,9-10,13H2,2-4H3,(H,29,30,31)/t19-,25+/m1/s1. The third-order valence-electron chi connectivity index (χ3n) is 6.48. The van der Waals surface area contributed by atoms with E-state index in [1.54, 1.807) is 22.6 Å². The number of aromatic nitrogens is 3. The topological polar surface area (TPSA) is 80.1 Å². The number of amides is 1. The van der Waals surface area contributed by atoms with Crippen LogP contribution in [0, 0.1) is 12.7 Å². The van der Waals surface area contributed by atoms with Gasteiger partial charge in [-0.3, -0.25) is 9.59 Å². The molecule has 3 heterocycles. The van der Waals surface area contributed by atoms with E-state index >= 15 is 0 Å². The third-order valence-corrected chi connectivity index (χ3v) is 6.48. The smallest absolute Gasteiger partial charge is 0.266 e. The number of nitrogens with zero attached hydrogens (tertiary/aromatic N) is 4. The van der Waals surface area contributed by atoms with E-state index in [2.05, 4.69) is 21.9 Å².